The second kappa shape index (κ2) is 4.56. The van der Waals surface area contributed by atoms with Crippen molar-refractivity contribution in [1.82, 2.24) is 10.0 Å². The van der Waals surface area contributed by atoms with Crippen molar-refractivity contribution in [3.63, 3.8) is 0 Å². The minimum Gasteiger partial charge on any atom is -0.317 e. The smallest absolute Gasteiger partial charge is 0.317 e. The number of rotatable bonds is 2. The van der Waals surface area contributed by atoms with Crippen molar-refractivity contribution in [2.45, 2.75) is 12.2 Å². The summed E-state index contributed by atoms with van der Waals surface area (Å²) < 4.78 is 38.6. The molecule has 1 aromatic rings. The van der Waals surface area contributed by atoms with Gasteiger partial charge >= 0.3 is 6.18 Å². The lowest BCUT2D eigenvalue weighted by atomic mass is 10.1. The van der Waals surface area contributed by atoms with Gasteiger partial charge < -0.3 is 9.77 Å². The molecule has 0 fully saturated rings. The fourth-order valence-electron chi connectivity index (χ4n) is 1.15. The van der Waals surface area contributed by atoms with Crippen LogP contribution in [0.2, 0.25) is 0 Å². The predicted octanol–water partition coefficient (Wildman–Crippen LogP) is 1.73. The summed E-state index contributed by atoms with van der Waals surface area (Å²) in [5.41, 5.74) is 0.185. The SMILES string of the molecule is Cn1cc(Br)c(C(NO)C(F)(F)F)cc1=O. The average Bonchev–Trinajstić information content (AvgIpc) is 2.12. The fraction of sp³-hybridized carbons (Fsp3) is 0.375. The number of hydroxylamine groups is 1. The van der Waals surface area contributed by atoms with Crippen molar-refractivity contribution in [2.75, 3.05) is 0 Å². The van der Waals surface area contributed by atoms with Gasteiger partial charge in [0.2, 0.25) is 0 Å². The van der Waals surface area contributed by atoms with Crippen LogP contribution in [0, 0.1) is 0 Å². The van der Waals surface area contributed by atoms with E-state index in [4.69, 9.17) is 5.21 Å². The van der Waals surface area contributed by atoms with Crippen molar-refractivity contribution in [1.29, 1.82) is 0 Å². The Bertz CT molecular complexity index is 444. The Morgan fingerprint density at radius 3 is 2.56 bits per heavy atom. The van der Waals surface area contributed by atoms with Crippen LogP contribution in [0.15, 0.2) is 21.5 Å². The quantitative estimate of drug-likeness (QED) is 0.818. The maximum Gasteiger partial charge on any atom is 0.410 e. The standard InChI is InChI=1S/C8H8BrF3N2O2/c1-14-3-5(9)4(2-6(14)15)7(13-16)8(10,11)12/h2-3,7,13,16H,1H3. The van der Waals surface area contributed by atoms with Crippen molar-refractivity contribution in [3.8, 4) is 0 Å². The monoisotopic (exact) mass is 300 g/mol. The minimum atomic E-state index is -4.69. The molecule has 0 amide bonds. The van der Waals surface area contributed by atoms with Gasteiger partial charge in [0.15, 0.2) is 6.04 Å². The van der Waals surface area contributed by atoms with Gasteiger partial charge in [-0.25, -0.2) is 0 Å². The Hall–Kier alpha value is -0.860. The highest BCUT2D eigenvalue weighted by molar-refractivity contribution is 9.10. The largest absolute Gasteiger partial charge is 0.410 e. The molecular formula is C8H8BrF3N2O2. The zero-order valence-corrected chi connectivity index (χ0v) is 9.63. The maximum absolute atomic E-state index is 12.5. The van der Waals surface area contributed by atoms with Crippen LogP contribution < -0.4 is 11.0 Å². The Balaban J connectivity index is 3.32. The van der Waals surface area contributed by atoms with Gasteiger partial charge in [0.1, 0.15) is 0 Å². The third-order valence-corrected chi connectivity index (χ3v) is 2.64. The van der Waals surface area contributed by atoms with Gasteiger partial charge in [0.05, 0.1) is 0 Å². The van der Waals surface area contributed by atoms with E-state index in [1.165, 1.54) is 13.2 Å². The summed E-state index contributed by atoms with van der Waals surface area (Å²) in [5, 5.41) is 8.50. The van der Waals surface area contributed by atoms with Crippen molar-refractivity contribution in [2.24, 2.45) is 7.05 Å². The molecule has 0 aliphatic rings. The predicted molar refractivity (Wildman–Crippen MR) is 53.1 cm³/mol. The Morgan fingerprint density at radius 1 is 1.56 bits per heavy atom. The number of alkyl halides is 3. The van der Waals surface area contributed by atoms with Crippen LogP contribution in [0.25, 0.3) is 0 Å². The zero-order chi connectivity index (χ0) is 12.5. The third-order valence-electron chi connectivity index (χ3n) is 1.98. The molecule has 1 aromatic heterocycles. The third kappa shape index (κ3) is 2.63. The molecule has 2 N–H and O–H groups in total. The van der Waals surface area contributed by atoms with Gasteiger partial charge in [0, 0.05) is 29.3 Å². The second-order valence-electron chi connectivity index (χ2n) is 3.13. The summed E-state index contributed by atoms with van der Waals surface area (Å²) >= 11 is 2.90. The van der Waals surface area contributed by atoms with Gasteiger partial charge in [-0.05, 0) is 15.9 Å². The van der Waals surface area contributed by atoms with E-state index >= 15 is 0 Å². The van der Waals surface area contributed by atoms with Gasteiger partial charge in [-0.3, -0.25) is 4.79 Å². The number of halogens is 4. The highest BCUT2D eigenvalue weighted by Crippen LogP contribution is 2.34. The molecule has 0 radical (unpaired) electrons. The average molecular weight is 301 g/mol. The summed E-state index contributed by atoms with van der Waals surface area (Å²) in [5.74, 6) is 0. The number of nitrogens with zero attached hydrogens (tertiary/aromatic N) is 1. The summed E-state index contributed by atoms with van der Waals surface area (Å²) in [6, 6.07) is -1.48. The molecule has 16 heavy (non-hydrogen) atoms. The topological polar surface area (TPSA) is 54.3 Å². The Kier molecular flexibility index (Phi) is 3.76. The molecule has 0 saturated carbocycles. The van der Waals surface area contributed by atoms with Crippen molar-refractivity contribution in [3.05, 3.63) is 32.7 Å². The molecule has 0 aliphatic heterocycles. The molecule has 0 saturated heterocycles. The van der Waals surface area contributed by atoms with E-state index in [1.54, 1.807) is 0 Å². The Labute approximate surface area is 96.8 Å². The molecule has 8 heteroatoms. The van der Waals surface area contributed by atoms with E-state index < -0.39 is 17.8 Å². The summed E-state index contributed by atoms with van der Waals surface area (Å²) in [6.07, 6.45) is -3.49. The first-order valence-electron chi connectivity index (χ1n) is 4.09. The van der Waals surface area contributed by atoms with Crippen LogP contribution in [0.5, 0.6) is 0 Å². The molecule has 1 rings (SSSR count). The summed E-state index contributed by atoms with van der Waals surface area (Å²) in [7, 11) is 1.41. The molecule has 90 valence electrons. The van der Waals surface area contributed by atoms with E-state index in [-0.39, 0.29) is 10.0 Å². The fourth-order valence-corrected chi connectivity index (χ4v) is 1.80. The van der Waals surface area contributed by atoms with E-state index in [9.17, 15) is 18.0 Å². The summed E-state index contributed by atoms with van der Waals surface area (Å²) in [6.45, 7) is 0. The number of aromatic nitrogens is 1. The highest BCUT2D eigenvalue weighted by Gasteiger charge is 2.41. The van der Waals surface area contributed by atoms with Crippen LogP contribution in [-0.2, 0) is 7.05 Å². The molecule has 1 heterocycles. The molecule has 0 spiro atoms. The van der Waals surface area contributed by atoms with Gasteiger partial charge in [-0.2, -0.15) is 18.7 Å². The first-order valence-corrected chi connectivity index (χ1v) is 4.89. The van der Waals surface area contributed by atoms with Crippen molar-refractivity contribution < 1.29 is 18.4 Å². The van der Waals surface area contributed by atoms with Crippen LogP contribution in [-0.4, -0.2) is 16.0 Å². The van der Waals surface area contributed by atoms with Crippen LogP contribution >= 0.6 is 15.9 Å². The molecule has 0 aliphatic carbocycles. The molecular weight excluding hydrogens is 293 g/mol. The van der Waals surface area contributed by atoms with E-state index in [0.717, 1.165) is 16.1 Å². The van der Waals surface area contributed by atoms with Gasteiger partial charge in [0.25, 0.3) is 5.56 Å². The van der Waals surface area contributed by atoms with Gasteiger partial charge in [-0.15, -0.1) is 0 Å². The lowest BCUT2D eigenvalue weighted by Gasteiger charge is -2.20. The van der Waals surface area contributed by atoms with Crippen LogP contribution in [0.1, 0.15) is 11.6 Å². The number of aryl methyl sites for hydroxylation is 1. The highest BCUT2D eigenvalue weighted by atomic mass is 79.9. The summed E-state index contributed by atoms with van der Waals surface area (Å²) in [4.78, 5) is 11.2. The van der Waals surface area contributed by atoms with E-state index in [2.05, 4.69) is 15.9 Å². The molecule has 1 unspecified atom stereocenters. The number of nitrogens with one attached hydrogen (secondary N) is 1. The number of hydrogen-bond donors (Lipinski definition) is 2. The lowest BCUT2D eigenvalue weighted by molar-refractivity contribution is -0.178. The van der Waals surface area contributed by atoms with E-state index in [0.29, 0.717) is 0 Å². The van der Waals surface area contributed by atoms with E-state index in [1.807, 2.05) is 0 Å². The lowest BCUT2D eigenvalue weighted by Crippen LogP contribution is -2.33. The van der Waals surface area contributed by atoms with Crippen LogP contribution in [0.4, 0.5) is 13.2 Å². The molecule has 1 atom stereocenters. The zero-order valence-electron chi connectivity index (χ0n) is 8.05. The molecule has 0 bridgehead atoms. The first-order chi connectivity index (χ1) is 7.27. The molecule has 0 aromatic carbocycles. The van der Waals surface area contributed by atoms with Crippen molar-refractivity contribution >= 4 is 15.9 Å². The normalized spacial score (nSPS) is 13.9. The Morgan fingerprint density at radius 2 is 2.12 bits per heavy atom. The minimum absolute atomic E-state index is 0.0819. The van der Waals surface area contributed by atoms with Crippen LogP contribution in [0.3, 0.4) is 0 Å². The molecule has 4 nitrogen and oxygen atoms in total. The maximum atomic E-state index is 12.5. The van der Waals surface area contributed by atoms with Gasteiger partial charge in [-0.1, -0.05) is 0 Å². The first kappa shape index (κ1) is 13.2. The number of pyridine rings is 1. The second-order valence-corrected chi connectivity index (χ2v) is 3.98. The number of hydrogen-bond acceptors (Lipinski definition) is 3.